The summed E-state index contributed by atoms with van der Waals surface area (Å²) in [5, 5.41) is 7.72. The molecule has 3 heterocycles. The normalized spacial score (nSPS) is 11.8. The van der Waals surface area contributed by atoms with Crippen molar-refractivity contribution in [3.05, 3.63) is 36.4 Å². The summed E-state index contributed by atoms with van der Waals surface area (Å²) >= 11 is 0. The van der Waals surface area contributed by atoms with Crippen LogP contribution in [0.3, 0.4) is 0 Å². The van der Waals surface area contributed by atoms with Crippen molar-refractivity contribution < 1.29 is 9.53 Å². The molecule has 3 aromatic heterocycles. The number of carbonyl (C=O) groups excluding carboxylic acids is 1. The molecule has 0 spiro atoms. The van der Waals surface area contributed by atoms with Gasteiger partial charge in [0.2, 0.25) is 0 Å². The molecule has 0 aromatic carbocycles. The molecule has 0 radical (unpaired) electrons. The number of fused-ring (bicyclic) bond motifs is 1. The lowest BCUT2D eigenvalue weighted by atomic mass is 10.1. The lowest BCUT2D eigenvalue weighted by molar-refractivity contribution is -0.153. The number of aromatic amines is 2. The zero-order valence-electron chi connectivity index (χ0n) is 12.8. The lowest BCUT2D eigenvalue weighted by Crippen LogP contribution is -2.24. The highest BCUT2D eigenvalue weighted by Gasteiger charge is 2.17. The third-order valence-electron chi connectivity index (χ3n) is 3.17. The number of esters is 1. The number of rotatable bonds is 3. The summed E-state index contributed by atoms with van der Waals surface area (Å²) in [4.78, 5) is 19.4. The molecule has 6 heteroatoms. The molecular formula is C16H18N4O2. The van der Waals surface area contributed by atoms with Gasteiger partial charge in [-0.2, -0.15) is 5.10 Å². The molecule has 114 valence electrons. The molecule has 0 aliphatic rings. The predicted molar refractivity (Wildman–Crippen MR) is 83.2 cm³/mol. The van der Waals surface area contributed by atoms with Crippen LogP contribution in [0, 0.1) is 0 Å². The number of nitrogens with zero attached hydrogens (tertiary/aromatic N) is 2. The number of hydrogen-bond donors (Lipinski definition) is 2. The van der Waals surface area contributed by atoms with Gasteiger partial charge in [0.05, 0.1) is 12.6 Å². The van der Waals surface area contributed by atoms with Crippen LogP contribution in [0.2, 0.25) is 0 Å². The Morgan fingerprint density at radius 1 is 1.27 bits per heavy atom. The highest BCUT2D eigenvalue weighted by molar-refractivity contribution is 5.93. The second kappa shape index (κ2) is 5.29. The second-order valence-electron chi connectivity index (χ2n) is 6.19. The number of aromatic nitrogens is 4. The number of ether oxygens (including phenoxy) is 1. The Labute approximate surface area is 127 Å². The van der Waals surface area contributed by atoms with Gasteiger partial charge in [0, 0.05) is 35.1 Å². The van der Waals surface area contributed by atoms with Crippen molar-refractivity contribution in [2.45, 2.75) is 32.8 Å². The zero-order valence-corrected chi connectivity index (χ0v) is 12.8. The van der Waals surface area contributed by atoms with Gasteiger partial charge in [0.25, 0.3) is 0 Å². The van der Waals surface area contributed by atoms with Crippen LogP contribution < -0.4 is 0 Å². The van der Waals surface area contributed by atoms with Gasteiger partial charge in [0.15, 0.2) is 0 Å². The molecule has 0 bridgehead atoms. The van der Waals surface area contributed by atoms with Gasteiger partial charge in [-0.05, 0) is 32.4 Å². The van der Waals surface area contributed by atoms with Crippen molar-refractivity contribution in [2.24, 2.45) is 0 Å². The van der Waals surface area contributed by atoms with Crippen molar-refractivity contribution in [1.82, 2.24) is 20.2 Å². The third-order valence-corrected chi connectivity index (χ3v) is 3.17. The van der Waals surface area contributed by atoms with Crippen molar-refractivity contribution in [3.8, 4) is 11.1 Å². The van der Waals surface area contributed by atoms with E-state index in [1.807, 2.05) is 39.2 Å². The minimum Gasteiger partial charge on any atom is -0.460 e. The molecule has 0 saturated heterocycles. The Hall–Kier alpha value is -2.63. The zero-order chi connectivity index (χ0) is 15.7. The molecule has 0 atom stereocenters. The molecular weight excluding hydrogens is 280 g/mol. The van der Waals surface area contributed by atoms with E-state index in [1.54, 1.807) is 12.4 Å². The largest absolute Gasteiger partial charge is 0.460 e. The molecule has 0 saturated carbocycles. The summed E-state index contributed by atoms with van der Waals surface area (Å²) in [6.07, 6.45) is 7.37. The number of hydrogen-bond acceptors (Lipinski definition) is 4. The summed E-state index contributed by atoms with van der Waals surface area (Å²) < 4.78 is 5.35. The maximum atomic E-state index is 11.9. The molecule has 2 N–H and O–H groups in total. The average molecular weight is 298 g/mol. The molecule has 0 unspecified atom stereocenters. The maximum absolute atomic E-state index is 11.9. The monoisotopic (exact) mass is 298 g/mol. The molecule has 0 amide bonds. The molecule has 0 fully saturated rings. The molecule has 22 heavy (non-hydrogen) atoms. The minimum atomic E-state index is -0.481. The number of pyridine rings is 1. The van der Waals surface area contributed by atoms with Crippen LogP contribution >= 0.6 is 0 Å². The van der Waals surface area contributed by atoms with Gasteiger partial charge in [-0.15, -0.1) is 0 Å². The van der Waals surface area contributed by atoms with Crippen LogP contribution in [0.5, 0.6) is 0 Å². The molecule has 3 rings (SSSR count). The fraction of sp³-hybridized carbons (Fsp3) is 0.312. The van der Waals surface area contributed by atoms with Crippen LogP contribution in [0.25, 0.3) is 22.2 Å². The number of carbonyl (C=O) groups is 1. The maximum Gasteiger partial charge on any atom is 0.310 e. The van der Waals surface area contributed by atoms with Gasteiger partial charge >= 0.3 is 5.97 Å². The van der Waals surface area contributed by atoms with E-state index in [2.05, 4.69) is 20.2 Å². The van der Waals surface area contributed by atoms with E-state index in [1.165, 1.54) is 0 Å². The van der Waals surface area contributed by atoms with Crippen LogP contribution in [-0.2, 0) is 16.0 Å². The first kappa shape index (κ1) is 14.3. The smallest absolute Gasteiger partial charge is 0.310 e. The molecule has 3 aromatic rings. The van der Waals surface area contributed by atoms with Gasteiger partial charge in [0.1, 0.15) is 11.2 Å². The topological polar surface area (TPSA) is 83.7 Å². The van der Waals surface area contributed by atoms with Crippen molar-refractivity contribution in [2.75, 3.05) is 0 Å². The summed E-state index contributed by atoms with van der Waals surface area (Å²) in [6, 6.07) is 1.96. The van der Waals surface area contributed by atoms with E-state index in [0.717, 1.165) is 27.7 Å². The fourth-order valence-electron chi connectivity index (χ4n) is 2.32. The third kappa shape index (κ3) is 3.00. The Kier molecular flexibility index (Phi) is 3.44. The molecule has 0 aliphatic carbocycles. The SMILES string of the molecule is CC(C)(C)OC(=O)Cc1cnc2[nH]cc(-c3cn[nH]c3)c2c1. The highest BCUT2D eigenvalue weighted by atomic mass is 16.6. The predicted octanol–water partition coefficient (Wildman–Crippen LogP) is 2.84. The quantitative estimate of drug-likeness (QED) is 0.728. The Morgan fingerprint density at radius 3 is 2.77 bits per heavy atom. The highest BCUT2D eigenvalue weighted by Crippen LogP contribution is 2.27. The molecule has 0 aliphatic heterocycles. The first-order valence-corrected chi connectivity index (χ1v) is 7.09. The standard InChI is InChI=1S/C16H18N4O2/c1-16(2,3)22-14(21)5-10-4-12-13(11-7-19-20-8-11)9-18-15(12)17-6-10/h4,6-9H,5H2,1-3H3,(H,17,18)(H,19,20). The summed E-state index contributed by atoms with van der Waals surface area (Å²) in [6.45, 7) is 5.57. The number of nitrogens with one attached hydrogen (secondary N) is 2. The van der Waals surface area contributed by atoms with E-state index >= 15 is 0 Å². The Morgan fingerprint density at radius 2 is 2.09 bits per heavy atom. The average Bonchev–Trinajstić information content (AvgIpc) is 3.03. The first-order chi connectivity index (χ1) is 10.4. The van der Waals surface area contributed by atoms with Crippen LogP contribution in [0.1, 0.15) is 26.3 Å². The Bertz CT molecular complexity index is 797. The van der Waals surface area contributed by atoms with Crippen molar-refractivity contribution >= 4 is 17.0 Å². The van der Waals surface area contributed by atoms with E-state index in [-0.39, 0.29) is 12.4 Å². The summed E-state index contributed by atoms with van der Waals surface area (Å²) in [5.74, 6) is -0.256. The van der Waals surface area contributed by atoms with Gasteiger partial charge < -0.3 is 9.72 Å². The van der Waals surface area contributed by atoms with Gasteiger partial charge in [-0.3, -0.25) is 9.89 Å². The Balaban J connectivity index is 1.89. The van der Waals surface area contributed by atoms with Crippen LogP contribution in [0.4, 0.5) is 0 Å². The van der Waals surface area contributed by atoms with Gasteiger partial charge in [-0.1, -0.05) is 0 Å². The van der Waals surface area contributed by atoms with Gasteiger partial charge in [-0.25, -0.2) is 4.98 Å². The first-order valence-electron chi connectivity index (χ1n) is 7.09. The van der Waals surface area contributed by atoms with Crippen molar-refractivity contribution in [3.63, 3.8) is 0 Å². The van der Waals surface area contributed by atoms with E-state index in [4.69, 9.17) is 4.74 Å². The van der Waals surface area contributed by atoms with E-state index in [0.29, 0.717) is 0 Å². The summed E-state index contributed by atoms with van der Waals surface area (Å²) in [5.41, 5.74) is 3.10. The lowest BCUT2D eigenvalue weighted by Gasteiger charge is -2.19. The van der Waals surface area contributed by atoms with E-state index < -0.39 is 5.60 Å². The van der Waals surface area contributed by atoms with Crippen LogP contribution in [0.15, 0.2) is 30.9 Å². The number of H-pyrrole nitrogens is 2. The fourth-order valence-corrected chi connectivity index (χ4v) is 2.32. The van der Waals surface area contributed by atoms with Crippen LogP contribution in [-0.4, -0.2) is 31.7 Å². The van der Waals surface area contributed by atoms with Crippen molar-refractivity contribution in [1.29, 1.82) is 0 Å². The van der Waals surface area contributed by atoms with E-state index in [9.17, 15) is 4.79 Å². The summed E-state index contributed by atoms with van der Waals surface area (Å²) in [7, 11) is 0. The molecule has 6 nitrogen and oxygen atoms in total. The second-order valence-corrected chi connectivity index (χ2v) is 6.19. The minimum absolute atomic E-state index is 0.205.